The van der Waals surface area contributed by atoms with Gasteiger partial charge in [0.25, 0.3) is 5.91 Å². The average Bonchev–Trinajstić information content (AvgIpc) is 3.22. The molecule has 0 bridgehead atoms. The minimum Gasteiger partial charge on any atom is -0.325 e. The highest BCUT2D eigenvalue weighted by Crippen LogP contribution is 2.40. The van der Waals surface area contributed by atoms with Crippen LogP contribution in [-0.2, 0) is 4.79 Å². The number of hydrogen-bond acceptors (Lipinski definition) is 9. The maximum absolute atomic E-state index is 13.2. The first kappa shape index (κ1) is 19.2. The first-order valence-electron chi connectivity index (χ1n) is 10.6. The molecular formula is C20H22N10OS. The summed E-state index contributed by atoms with van der Waals surface area (Å²) in [6.07, 6.45) is 7.27. The minimum atomic E-state index is -0.796. The zero-order valence-electron chi connectivity index (χ0n) is 17.4. The third kappa shape index (κ3) is 3.27. The van der Waals surface area contributed by atoms with Gasteiger partial charge in [0.05, 0.1) is 0 Å². The highest BCUT2D eigenvalue weighted by atomic mass is 32.1. The zero-order chi connectivity index (χ0) is 21.7. The Labute approximate surface area is 187 Å². The van der Waals surface area contributed by atoms with Crippen LogP contribution in [0.2, 0.25) is 0 Å². The summed E-state index contributed by atoms with van der Waals surface area (Å²) in [5, 5.41) is 18.9. The van der Waals surface area contributed by atoms with Crippen molar-refractivity contribution in [3.63, 3.8) is 0 Å². The van der Waals surface area contributed by atoms with E-state index < -0.39 is 5.54 Å². The maximum atomic E-state index is 13.2. The summed E-state index contributed by atoms with van der Waals surface area (Å²) in [5.74, 6) is 2.30. The van der Waals surface area contributed by atoms with Crippen molar-refractivity contribution in [2.24, 2.45) is 0 Å². The van der Waals surface area contributed by atoms with Crippen LogP contribution in [0, 0.1) is 0 Å². The summed E-state index contributed by atoms with van der Waals surface area (Å²) in [4.78, 5) is 24.0. The van der Waals surface area contributed by atoms with Crippen molar-refractivity contribution in [1.29, 1.82) is 0 Å². The van der Waals surface area contributed by atoms with Gasteiger partial charge in [0, 0.05) is 42.0 Å². The predicted octanol–water partition coefficient (Wildman–Crippen LogP) is 2.92. The van der Waals surface area contributed by atoms with Gasteiger partial charge in [-0.05, 0) is 44.7 Å². The number of carbonyl (C=O) groups excluding carboxylic acids is 1. The highest BCUT2D eigenvalue weighted by Gasteiger charge is 2.45. The Hall–Kier alpha value is -3.54. The van der Waals surface area contributed by atoms with Gasteiger partial charge in [-0.3, -0.25) is 15.2 Å². The van der Waals surface area contributed by atoms with Crippen LogP contribution in [0.4, 0.5) is 22.7 Å². The van der Waals surface area contributed by atoms with E-state index in [1.165, 1.54) is 19.2 Å². The molecule has 32 heavy (non-hydrogen) atoms. The summed E-state index contributed by atoms with van der Waals surface area (Å²) >= 11 is 1.15. The molecule has 12 heteroatoms. The lowest BCUT2D eigenvalue weighted by atomic mass is 9.98. The molecule has 5 heterocycles. The number of H-pyrrole nitrogens is 1. The van der Waals surface area contributed by atoms with Crippen molar-refractivity contribution in [2.45, 2.75) is 44.1 Å². The molecule has 1 amide bonds. The summed E-state index contributed by atoms with van der Waals surface area (Å²) < 4.78 is 5.73. The first-order chi connectivity index (χ1) is 15.6. The maximum Gasteiger partial charge on any atom is 0.251 e. The number of fused-ring (bicyclic) bond motifs is 1. The number of nitrogens with one attached hydrogen (secondary N) is 3. The fourth-order valence-electron chi connectivity index (χ4n) is 4.23. The standard InChI is InChI=1S/C20H22N10OS/c1-20(17(31)25-19-21-11-22-32-19)7-3-8-29(20)18-24-16(14-4-2-9-30(14)28-18)23-15-10-13(26-27-15)12-5-6-12/h2,4,9-12H,3,5-8H2,1H3,(H,21,22,25,31)(H2,23,24,26,27,28)/t20-/m0/s1. The lowest BCUT2D eigenvalue weighted by Crippen LogP contribution is -2.51. The lowest BCUT2D eigenvalue weighted by molar-refractivity contribution is -0.120. The van der Waals surface area contributed by atoms with Crippen molar-refractivity contribution >= 4 is 45.7 Å². The molecule has 0 radical (unpaired) electrons. The lowest BCUT2D eigenvalue weighted by Gasteiger charge is -2.33. The number of anilines is 4. The largest absolute Gasteiger partial charge is 0.325 e. The van der Waals surface area contributed by atoms with Crippen LogP contribution >= 0.6 is 11.5 Å². The average molecular weight is 451 g/mol. The van der Waals surface area contributed by atoms with Gasteiger partial charge in [-0.25, -0.2) is 9.50 Å². The quantitative estimate of drug-likeness (QED) is 0.409. The number of carbonyl (C=O) groups is 1. The van der Waals surface area contributed by atoms with E-state index in [0.717, 1.165) is 35.0 Å². The third-order valence-corrected chi connectivity index (χ3v) is 6.77. The number of rotatable bonds is 6. The van der Waals surface area contributed by atoms with E-state index in [4.69, 9.17) is 10.1 Å². The smallest absolute Gasteiger partial charge is 0.251 e. The number of aromatic nitrogens is 7. The Morgan fingerprint density at radius 1 is 1.38 bits per heavy atom. The van der Waals surface area contributed by atoms with Crippen molar-refractivity contribution in [3.05, 3.63) is 36.4 Å². The van der Waals surface area contributed by atoms with Gasteiger partial charge in [-0.1, -0.05) is 0 Å². The van der Waals surface area contributed by atoms with E-state index in [-0.39, 0.29) is 5.91 Å². The molecule has 2 fully saturated rings. The van der Waals surface area contributed by atoms with Crippen molar-refractivity contribution in [2.75, 3.05) is 22.1 Å². The minimum absolute atomic E-state index is 0.140. The second-order valence-corrected chi connectivity index (χ2v) is 9.22. The van der Waals surface area contributed by atoms with Gasteiger partial charge in [0.2, 0.25) is 11.1 Å². The first-order valence-corrected chi connectivity index (χ1v) is 11.4. The Kier molecular flexibility index (Phi) is 4.35. The molecule has 1 saturated carbocycles. The van der Waals surface area contributed by atoms with Crippen LogP contribution in [0.1, 0.15) is 44.2 Å². The van der Waals surface area contributed by atoms with Gasteiger partial charge >= 0.3 is 0 Å². The van der Waals surface area contributed by atoms with Crippen LogP contribution in [0.3, 0.4) is 0 Å². The molecule has 1 aliphatic heterocycles. The molecule has 164 valence electrons. The van der Waals surface area contributed by atoms with Crippen molar-refractivity contribution in [1.82, 2.24) is 34.2 Å². The Balaban J connectivity index is 1.33. The number of aromatic amines is 1. The molecule has 1 aliphatic carbocycles. The summed E-state index contributed by atoms with van der Waals surface area (Å²) in [5.41, 5.74) is 1.19. The molecule has 3 N–H and O–H groups in total. The number of amides is 1. The molecule has 0 aromatic carbocycles. The van der Waals surface area contributed by atoms with Gasteiger partial charge < -0.3 is 10.2 Å². The van der Waals surface area contributed by atoms with E-state index in [1.54, 1.807) is 4.52 Å². The van der Waals surface area contributed by atoms with E-state index >= 15 is 0 Å². The van der Waals surface area contributed by atoms with E-state index in [0.29, 0.717) is 35.8 Å². The molecule has 6 rings (SSSR count). The molecule has 11 nitrogen and oxygen atoms in total. The monoisotopic (exact) mass is 450 g/mol. The predicted molar refractivity (Wildman–Crippen MR) is 120 cm³/mol. The molecule has 4 aromatic rings. The van der Waals surface area contributed by atoms with E-state index in [2.05, 4.69) is 30.2 Å². The third-order valence-electron chi connectivity index (χ3n) is 6.19. The second kappa shape index (κ2) is 7.26. The topological polar surface area (TPSA) is 129 Å². The Bertz CT molecular complexity index is 1280. The van der Waals surface area contributed by atoms with E-state index in [1.807, 2.05) is 36.2 Å². The Morgan fingerprint density at radius 3 is 3.09 bits per heavy atom. The molecule has 2 aliphatic rings. The van der Waals surface area contributed by atoms with Crippen LogP contribution in [0.15, 0.2) is 30.7 Å². The molecular weight excluding hydrogens is 428 g/mol. The van der Waals surface area contributed by atoms with Gasteiger partial charge in [0.15, 0.2) is 11.6 Å². The molecule has 1 saturated heterocycles. The fourth-order valence-corrected chi connectivity index (χ4v) is 4.66. The van der Waals surface area contributed by atoms with Crippen LogP contribution in [0.5, 0.6) is 0 Å². The highest BCUT2D eigenvalue weighted by molar-refractivity contribution is 7.09. The molecule has 0 spiro atoms. The second-order valence-electron chi connectivity index (χ2n) is 8.44. The fraction of sp³-hybridized carbons (Fsp3) is 0.400. The number of nitrogens with zero attached hydrogens (tertiary/aromatic N) is 7. The normalized spacial score (nSPS) is 20.7. The van der Waals surface area contributed by atoms with Crippen molar-refractivity contribution < 1.29 is 4.79 Å². The van der Waals surface area contributed by atoms with Crippen LogP contribution in [0.25, 0.3) is 5.52 Å². The number of hydrogen-bond donors (Lipinski definition) is 3. The van der Waals surface area contributed by atoms with Crippen LogP contribution < -0.4 is 15.5 Å². The van der Waals surface area contributed by atoms with E-state index in [9.17, 15) is 4.79 Å². The van der Waals surface area contributed by atoms with Crippen molar-refractivity contribution in [3.8, 4) is 0 Å². The molecule has 1 atom stereocenters. The molecule has 4 aromatic heterocycles. The zero-order valence-corrected chi connectivity index (χ0v) is 18.3. The van der Waals surface area contributed by atoms with Gasteiger partial charge in [0.1, 0.15) is 17.4 Å². The summed E-state index contributed by atoms with van der Waals surface area (Å²) in [7, 11) is 0. The SMILES string of the molecule is C[C@@]1(C(=O)Nc2ncns2)CCCN1c1nc(Nc2cc(C3CC3)[nH]n2)c2cccn2n1. The Morgan fingerprint density at radius 2 is 2.28 bits per heavy atom. The summed E-state index contributed by atoms with van der Waals surface area (Å²) in [6.45, 7) is 2.60. The van der Waals surface area contributed by atoms with Gasteiger partial charge in [-0.15, -0.1) is 5.10 Å². The molecule has 0 unspecified atom stereocenters. The van der Waals surface area contributed by atoms with Gasteiger partial charge in [-0.2, -0.15) is 14.5 Å². The summed E-state index contributed by atoms with van der Waals surface area (Å²) in [6, 6.07) is 5.91. The van der Waals surface area contributed by atoms with Crippen LogP contribution in [-0.4, -0.2) is 52.1 Å².